The monoisotopic (exact) mass is 456 g/mol. The van der Waals surface area contributed by atoms with Crippen LogP contribution in [0.2, 0.25) is 44.3 Å². The average Bonchev–Trinajstić information content (AvgIpc) is 2.64. The van der Waals surface area contributed by atoms with Gasteiger partial charge in [-0.25, -0.2) is 4.39 Å². The lowest BCUT2D eigenvalue weighted by atomic mass is 10.1. The minimum Gasteiger partial charge on any atom is -0.455 e. The van der Waals surface area contributed by atoms with E-state index in [1.165, 1.54) is 38.1 Å². The van der Waals surface area contributed by atoms with Crippen LogP contribution in [0.25, 0.3) is 0 Å². The summed E-state index contributed by atoms with van der Waals surface area (Å²) in [6.07, 6.45) is 8.23. The van der Waals surface area contributed by atoms with E-state index in [9.17, 15) is 4.39 Å². The van der Waals surface area contributed by atoms with Gasteiger partial charge in [0.05, 0.1) is 0 Å². The van der Waals surface area contributed by atoms with E-state index in [2.05, 4.69) is 26.2 Å². The van der Waals surface area contributed by atoms with E-state index in [0.717, 1.165) is 24.9 Å². The Labute approximate surface area is 176 Å². The van der Waals surface area contributed by atoms with Gasteiger partial charge in [-0.2, -0.15) is 0 Å². The van der Waals surface area contributed by atoms with Gasteiger partial charge in [0.15, 0.2) is 23.5 Å². The lowest BCUT2D eigenvalue weighted by molar-refractivity contribution is 0.0581. The summed E-state index contributed by atoms with van der Waals surface area (Å²) in [6.45, 7) is 9.05. The molecule has 9 heteroatoms. The predicted molar refractivity (Wildman–Crippen MR) is 121 cm³/mol. The van der Waals surface area contributed by atoms with Crippen LogP contribution in [-0.2, 0) is 22.1 Å². The molecule has 0 fully saturated rings. The van der Waals surface area contributed by atoms with Crippen LogP contribution in [0.15, 0.2) is 0 Å². The van der Waals surface area contributed by atoms with Crippen molar-refractivity contribution in [3.8, 4) is 0 Å². The summed E-state index contributed by atoms with van der Waals surface area (Å²) in [5.74, 6) is 0. The highest BCUT2D eigenvalue weighted by molar-refractivity contribution is 6.84. The molecule has 0 saturated carbocycles. The fourth-order valence-corrected chi connectivity index (χ4v) is 14.4. The molecule has 0 radical (unpaired) electrons. The van der Waals surface area contributed by atoms with Crippen molar-refractivity contribution in [3.05, 3.63) is 0 Å². The fraction of sp³-hybridized carbons (Fsp3) is 1.00. The molecule has 0 aromatic carbocycles. The van der Waals surface area contributed by atoms with E-state index in [1.807, 2.05) is 0 Å². The molecule has 0 bridgehead atoms. The van der Waals surface area contributed by atoms with Crippen LogP contribution in [0.1, 0.15) is 44.9 Å². The minimum atomic E-state index is -2.39. The third-order valence-corrected chi connectivity index (χ3v) is 15.5. The average molecular weight is 457 g/mol. The highest BCUT2D eigenvalue weighted by Gasteiger charge is 2.36. The molecule has 0 aromatic heterocycles. The number of unbranched alkanes of at least 4 members (excludes halogenated alkanes) is 5. The number of ether oxygens (including phenoxy) is 1. The summed E-state index contributed by atoms with van der Waals surface area (Å²) < 4.78 is 39.8. The van der Waals surface area contributed by atoms with Crippen LogP contribution >= 0.6 is 0 Å². The first-order valence-corrected chi connectivity index (χ1v) is 18.8. The first-order chi connectivity index (χ1) is 13.2. The first kappa shape index (κ1) is 28.4. The normalized spacial score (nSPS) is 13.3. The maximum absolute atomic E-state index is 12.0. The lowest BCUT2D eigenvalue weighted by Crippen LogP contribution is -2.44. The molecule has 0 N–H and O–H groups in total. The summed E-state index contributed by atoms with van der Waals surface area (Å²) in [4.78, 5) is 0. The van der Waals surface area contributed by atoms with Gasteiger partial charge in [-0.3, -0.25) is 0 Å². The summed E-state index contributed by atoms with van der Waals surface area (Å²) in [7, 11) is -0.658. The molecule has 0 rings (SSSR count). The van der Waals surface area contributed by atoms with Crippen molar-refractivity contribution in [2.75, 3.05) is 34.8 Å². The Balaban J connectivity index is 3.88. The number of halogens is 1. The Morgan fingerprint density at radius 3 is 1.50 bits per heavy atom. The van der Waals surface area contributed by atoms with E-state index in [-0.39, 0.29) is 0 Å². The SMILES string of the molecule is CO[Si](CCCCCCCC[Si](C)(C)O[Si](C)(C)CCCOCF)(OC)OC. The van der Waals surface area contributed by atoms with Crippen LogP contribution in [0.5, 0.6) is 0 Å². The Bertz CT molecular complexity index is 374. The van der Waals surface area contributed by atoms with Gasteiger partial charge >= 0.3 is 8.80 Å². The summed E-state index contributed by atoms with van der Waals surface area (Å²) in [6, 6.07) is 3.15. The van der Waals surface area contributed by atoms with E-state index in [0.29, 0.717) is 6.61 Å². The molecule has 28 heavy (non-hydrogen) atoms. The van der Waals surface area contributed by atoms with Gasteiger partial charge in [0.1, 0.15) is 0 Å². The van der Waals surface area contributed by atoms with Gasteiger partial charge in [0.2, 0.25) is 0 Å². The van der Waals surface area contributed by atoms with Crippen molar-refractivity contribution in [2.24, 2.45) is 0 Å². The first-order valence-electron chi connectivity index (χ1n) is 10.7. The molecule has 0 atom stereocenters. The van der Waals surface area contributed by atoms with E-state index < -0.39 is 32.3 Å². The highest BCUT2D eigenvalue weighted by Crippen LogP contribution is 2.25. The van der Waals surface area contributed by atoms with Crippen LogP contribution in [0, 0.1) is 0 Å². The van der Waals surface area contributed by atoms with E-state index in [1.54, 1.807) is 21.3 Å². The second-order valence-electron chi connectivity index (χ2n) is 8.66. The Kier molecular flexibility index (Phi) is 15.4. The molecule has 0 amide bonds. The molecule has 0 unspecified atom stereocenters. The zero-order valence-electron chi connectivity index (χ0n) is 19.4. The van der Waals surface area contributed by atoms with Crippen molar-refractivity contribution < 1.29 is 26.5 Å². The second-order valence-corrected chi connectivity index (χ2v) is 20.6. The van der Waals surface area contributed by atoms with Gasteiger partial charge in [0.25, 0.3) is 0 Å². The van der Waals surface area contributed by atoms with Crippen LogP contribution < -0.4 is 0 Å². The zero-order valence-corrected chi connectivity index (χ0v) is 22.4. The maximum Gasteiger partial charge on any atom is 0.500 e. The van der Waals surface area contributed by atoms with Gasteiger partial charge in [-0.05, 0) is 51.1 Å². The molecule has 0 aliphatic heterocycles. The highest BCUT2D eigenvalue weighted by atomic mass is 28.4. The van der Waals surface area contributed by atoms with Crippen molar-refractivity contribution >= 4 is 25.4 Å². The van der Waals surface area contributed by atoms with Crippen molar-refractivity contribution in [2.45, 2.75) is 89.3 Å². The minimum absolute atomic E-state index is 0.501. The molecular weight excluding hydrogens is 411 g/mol. The number of rotatable bonds is 19. The van der Waals surface area contributed by atoms with Crippen molar-refractivity contribution in [3.63, 3.8) is 0 Å². The number of hydrogen-bond acceptors (Lipinski definition) is 5. The fourth-order valence-electron chi connectivity index (χ4n) is 3.66. The third-order valence-electron chi connectivity index (χ3n) is 5.14. The molecule has 0 heterocycles. The smallest absolute Gasteiger partial charge is 0.455 e. The molecule has 170 valence electrons. The standard InChI is InChI=1S/C19H45FO5Si3/c1-21-28(22-2,23-3)18-13-11-9-8-10-12-16-26(4,5)25-27(6,7)17-14-15-24-19-20/h8-19H2,1-7H3. The Morgan fingerprint density at radius 1 is 0.607 bits per heavy atom. The van der Waals surface area contributed by atoms with Gasteiger partial charge in [-0.1, -0.05) is 32.1 Å². The molecule has 0 spiro atoms. The number of alkyl halides is 1. The van der Waals surface area contributed by atoms with E-state index in [4.69, 9.17) is 22.1 Å². The third kappa shape index (κ3) is 13.6. The summed E-state index contributed by atoms with van der Waals surface area (Å²) >= 11 is 0. The maximum atomic E-state index is 12.0. The largest absolute Gasteiger partial charge is 0.500 e. The molecule has 5 nitrogen and oxygen atoms in total. The Hall–Kier alpha value is 0.381. The zero-order chi connectivity index (χ0) is 21.5. The van der Waals surface area contributed by atoms with Crippen LogP contribution in [0.4, 0.5) is 4.39 Å². The topological polar surface area (TPSA) is 46.2 Å². The van der Waals surface area contributed by atoms with E-state index >= 15 is 0 Å². The number of hydrogen-bond donors (Lipinski definition) is 0. The molecular formula is C19H45FO5Si3. The molecule has 0 aliphatic carbocycles. The lowest BCUT2D eigenvalue weighted by Gasteiger charge is -2.34. The van der Waals surface area contributed by atoms with Gasteiger partial charge < -0.3 is 22.1 Å². The molecule has 0 aliphatic rings. The predicted octanol–water partition coefficient (Wildman–Crippen LogP) is 5.97. The quantitative estimate of drug-likeness (QED) is 0.177. The summed E-state index contributed by atoms with van der Waals surface area (Å²) in [5.41, 5.74) is 0. The van der Waals surface area contributed by atoms with Gasteiger partial charge in [0, 0.05) is 34.0 Å². The van der Waals surface area contributed by atoms with Crippen molar-refractivity contribution in [1.29, 1.82) is 0 Å². The van der Waals surface area contributed by atoms with Gasteiger partial charge in [-0.15, -0.1) is 0 Å². The second kappa shape index (κ2) is 15.2. The van der Waals surface area contributed by atoms with Crippen molar-refractivity contribution in [1.82, 2.24) is 0 Å². The van der Waals surface area contributed by atoms with Crippen LogP contribution in [-0.4, -0.2) is 60.2 Å². The summed E-state index contributed by atoms with van der Waals surface area (Å²) in [5, 5.41) is 0. The molecule has 0 saturated heterocycles. The van der Waals surface area contributed by atoms with Crippen LogP contribution in [0.3, 0.4) is 0 Å². The molecule has 0 aromatic rings. The Morgan fingerprint density at radius 2 is 1.04 bits per heavy atom.